The Morgan fingerprint density at radius 3 is 1.57 bits per heavy atom. The third-order valence-corrected chi connectivity index (χ3v) is 5.06. The monoisotopic (exact) mass is 348 g/mol. The van der Waals surface area contributed by atoms with E-state index in [2.05, 4.69) is 16.1 Å². The highest BCUT2D eigenvalue weighted by molar-refractivity contribution is 7.77. The molecule has 9 heteroatoms. The van der Waals surface area contributed by atoms with Gasteiger partial charge in [-0.3, -0.25) is 13.8 Å². The van der Waals surface area contributed by atoms with Crippen molar-refractivity contribution < 1.29 is 18.0 Å². The summed E-state index contributed by atoms with van der Waals surface area (Å²) < 4.78 is 17.5. The topological polar surface area (TPSA) is 73.4 Å². The number of hydrogen-bond donors (Lipinski definition) is 0. The Bertz CT molecular complexity index is 419. The molecule has 0 aromatic carbocycles. The Kier molecular flexibility index (Phi) is 8.67. The van der Waals surface area contributed by atoms with Crippen molar-refractivity contribution in [2.75, 3.05) is 66.5 Å². The van der Waals surface area contributed by atoms with E-state index < -0.39 is 11.3 Å². The lowest BCUT2D eigenvalue weighted by atomic mass is 10.3. The number of carbonyl (C=O) groups is 2. The molecule has 134 valence electrons. The molecule has 0 bridgehead atoms. The Labute approximate surface area is 141 Å². The molecular formula is C14H28N4O4S. The molecule has 0 aromatic heterocycles. The SMILES string of the molecule is CC(=O)N1CCN(C)CC1.COS(=O)N1CCN(C(C)=O)CC1. The van der Waals surface area contributed by atoms with Crippen molar-refractivity contribution in [1.82, 2.24) is 19.0 Å². The summed E-state index contributed by atoms with van der Waals surface area (Å²) in [5.41, 5.74) is 0. The van der Waals surface area contributed by atoms with Crippen LogP contribution in [0, 0.1) is 0 Å². The zero-order chi connectivity index (χ0) is 17.4. The summed E-state index contributed by atoms with van der Waals surface area (Å²) in [6, 6.07) is 0. The first-order valence-electron chi connectivity index (χ1n) is 7.76. The van der Waals surface area contributed by atoms with Crippen LogP contribution in [-0.4, -0.2) is 102 Å². The summed E-state index contributed by atoms with van der Waals surface area (Å²) >= 11 is -1.35. The molecule has 1 atom stereocenters. The molecule has 2 heterocycles. The van der Waals surface area contributed by atoms with Gasteiger partial charge in [0.15, 0.2) is 0 Å². The molecule has 8 nitrogen and oxygen atoms in total. The molecule has 2 fully saturated rings. The second-order valence-corrected chi connectivity index (χ2v) is 6.91. The van der Waals surface area contributed by atoms with Crippen LogP contribution in [0.5, 0.6) is 0 Å². The molecule has 2 aliphatic rings. The van der Waals surface area contributed by atoms with Gasteiger partial charge in [-0.15, -0.1) is 0 Å². The maximum Gasteiger partial charge on any atom is 0.237 e. The fraction of sp³-hybridized carbons (Fsp3) is 0.857. The van der Waals surface area contributed by atoms with Gasteiger partial charge in [-0.25, -0.2) is 4.21 Å². The lowest BCUT2D eigenvalue weighted by molar-refractivity contribution is -0.131. The number of carbonyl (C=O) groups excluding carboxylic acids is 2. The van der Waals surface area contributed by atoms with E-state index in [9.17, 15) is 13.8 Å². The van der Waals surface area contributed by atoms with Crippen molar-refractivity contribution in [3.05, 3.63) is 0 Å². The molecule has 0 aliphatic carbocycles. The van der Waals surface area contributed by atoms with Crippen LogP contribution in [0.15, 0.2) is 0 Å². The third kappa shape index (κ3) is 6.94. The number of hydrogen-bond acceptors (Lipinski definition) is 5. The summed E-state index contributed by atoms with van der Waals surface area (Å²) in [6.45, 7) is 9.47. The van der Waals surface area contributed by atoms with Gasteiger partial charge in [-0.05, 0) is 7.05 Å². The van der Waals surface area contributed by atoms with E-state index in [4.69, 9.17) is 0 Å². The van der Waals surface area contributed by atoms with Crippen molar-refractivity contribution >= 4 is 23.1 Å². The third-order valence-electron chi connectivity index (χ3n) is 3.99. The van der Waals surface area contributed by atoms with E-state index in [0.29, 0.717) is 26.2 Å². The van der Waals surface area contributed by atoms with Gasteiger partial charge in [-0.2, -0.15) is 4.31 Å². The minimum atomic E-state index is -1.35. The molecule has 23 heavy (non-hydrogen) atoms. The number of rotatable bonds is 2. The zero-order valence-corrected chi connectivity index (χ0v) is 15.3. The average Bonchev–Trinajstić information content (AvgIpc) is 2.55. The molecule has 1 unspecified atom stereocenters. The molecule has 2 amide bonds. The predicted octanol–water partition coefficient (Wildman–Crippen LogP) is -0.844. The molecule has 0 radical (unpaired) electrons. The average molecular weight is 348 g/mol. The fourth-order valence-electron chi connectivity index (χ4n) is 2.38. The largest absolute Gasteiger partial charge is 0.340 e. The normalized spacial score (nSPS) is 21.4. The highest BCUT2D eigenvalue weighted by Gasteiger charge is 2.22. The molecule has 0 N–H and O–H groups in total. The fourth-order valence-corrected chi connectivity index (χ4v) is 3.05. The molecule has 2 rings (SSSR count). The maximum absolute atomic E-state index is 11.2. The Morgan fingerprint density at radius 1 is 0.826 bits per heavy atom. The van der Waals surface area contributed by atoms with E-state index in [1.165, 1.54) is 7.11 Å². The van der Waals surface area contributed by atoms with Crippen LogP contribution in [0.3, 0.4) is 0 Å². The van der Waals surface area contributed by atoms with Gasteiger partial charge in [0.05, 0.1) is 7.11 Å². The first-order valence-corrected chi connectivity index (χ1v) is 8.79. The minimum Gasteiger partial charge on any atom is -0.340 e. The predicted molar refractivity (Wildman–Crippen MR) is 88.7 cm³/mol. The summed E-state index contributed by atoms with van der Waals surface area (Å²) in [5, 5.41) is 0. The second-order valence-electron chi connectivity index (χ2n) is 5.63. The van der Waals surface area contributed by atoms with E-state index in [-0.39, 0.29) is 11.8 Å². The van der Waals surface area contributed by atoms with Crippen LogP contribution in [-0.2, 0) is 25.0 Å². The van der Waals surface area contributed by atoms with E-state index in [0.717, 1.165) is 26.2 Å². The van der Waals surface area contributed by atoms with Crippen molar-refractivity contribution in [1.29, 1.82) is 0 Å². The van der Waals surface area contributed by atoms with E-state index in [1.54, 1.807) is 23.1 Å². The zero-order valence-electron chi connectivity index (χ0n) is 14.5. The van der Waals surface area contributed by atoms with Gasteiger partial charge >= 0.3 is 0 Å². The number of piperazine rings is 2. The lowest BCUT2D eigenvalue weighted by Crippen LogP contribution is -2.48. The molecule has 0 saturated carbocycles. The maximum atomic E-state index is 11.2. The van der Waals surface area contributed by atoms with Crippen LogP contribution in [0.4, 0.5) is 0 Å². The molecule has 0 spiro atoms. The quantitative estimate of drug-likeness (QED) is 0.650. The van der Waals surface area contributed by atoms with Crippen molar-refractivity contribution in [2.24, 2.45) is 0 Å². The summed E-state index contributed by atoms with van der Waals surface area (Å²) in [7, 11) is 3.49. The van der Waals surface area contributed by atoms with Crippen molar-refractivity contribution in [3.63, 3.8) is 0 Å². The Hall–Kier alpha value is -1.03. The molecule has 2 aliphatic heterocycles. The van der Waals surface area contributed by atoms with Crippen LogP contribution >= 0.6 is 0 Å². The Morgan fingerprint density at radius 2 is 1.22 bits per heavy atom. The molecule has 0 aromatic rings. The van der Waals surface area contributed by atoms with Gasteiger partial charge in [0.1, 0.15) is 0 Å². The van der Waals surface area contributed by atoms with Gasteiger partial charge in [0, 0.05) is 66.2 Å². The smallest absolute Gasteiger partial charge is 0.237 e. The first-order chi connectivity index (χ1) is 10.8. The van der Waals surface area contributed by atoms with Gasteiger partial charge in [0.2, 0.25) is 23.1 Å². The van der Waals surface area contributed by atoms with Crippen LogP contribution < -0.4 is 0 Å². The number of nitrogens with zero attached hydrogens (tertiary/aromatic N) is 4. The molecule has 2 saturated heterocycles. The minimum absolute atomic E-state index is 0.0721. The lowest BCUT2D eigenvalue weighted by Gasteiger charge is -2.32. The van der Waals surface area contributed by atoms with Crippen LogP contribution in [0.25, 0.3) is 0 Å². The highest BCUT2D eigenvalue weighted by Crippen LogP contribution is 2.04. The van der Waals surface area contributed by atoms with E-state index in [1.807, 2.05) is 4.90 Å². The number of amides is 2. The Balaban J connectivity index is 0.000000238. The molecular weight excluding hydrogens is 320 g/mol. The summed E-state index contributed by atoms with van der Waals surface area (Å²) in [6.07, 6.45) is 0. The van der Waals surface area contributed by atoms with Gasteiger partial charge in [-0.1, -0.05) is 0 Å². The standard InChI is InChI=1S/C7H14N2O3S.C7H14N2O/c1-7(10)8-3-5-9(6-4-8)13(11)12-2;1-7(10)9-5-3-8(2)4-6-9/h3-6H2,1-2H3;3-6H2,1-2H3. The van der Waals surface area contributed by atoms with E-state index >= 15 is 0 Å². The van der Waals surface area contributed by atoms with Crippen LogP contribution in [0.1, 0.15) is 13.8 Å². The van der Waals surface area contributed by atoms with Crippen molar-refractivity contribution in [3.8, 4) is 0 Å². The van der Waals surface area contributed by atoms with Crippen molar-refractivity contribution in [2.45, 2.75) is 13.8 Å². The first kappa shape index (κ1) is 20.0. The summed E-state index contributed by atoms with van der Waals surface area (Å²) in [5.74, 6) is 0.274. The van der Waals surface area contributed by atoms with Gasteiger partial charge in [0.25, 0.3) is 0 Å². The van der Waals surface area contributed by atoms with Crippen LogP contribution in [0.2, 0.25) is 0 Å². The summed E-state index contributed by atoms with van der Waals surface area (Å²) in [4.78, 5) is 27.6. The highest BCUT2D eigenvalue weighted by atomic mass is 32.2. The van der Waals surface area contributed by atoms with Gasteiger partial charge < -0.3 is 14.7 Å². The second kappa shape index (κ2) is 9.96. The number of likely N-dealkylation sites (N-methyl/N-ethyl adjacent to an activating group) is 1.